The molecule has 23 heavy (non-hydrogen) atoms. The highest BCUT2D eigenvalue weighted by Gasteiger charge is 2.24. The maximum absolute atomic E-state index is 5.97. The molecule has 5 nitrogen and oxygen atoms in total. The second kappa shape index (κ2) is 7.59. The van der Waals surface area contributed by atoms with Crippen LogP contribution < -0.4 is 20.5 Å². The van der Waals surface area contributed by atoms with Gasteiger partial charge in [-0.1, -0.05) is 26.3 Å². The predicted octanol–water partition coefficient (Wildman–Crippen LogP) is 3.02. The predicted molar refractivity (Wildman–Crippen MR) is 103 cm³/mol. The highest BCUT2D eigenvalue weighted by atomic mass is 127. The summed E-state index contributed by atoms with van der Waals surface area (Å²) in [4.78, 5) is 4.51. The van der Waals surface area contributed by atoms with Crippen molar-refractivity contribution in [2.75, 3.05) is 19.9 Å². The van der Waals surface area contributed by atoms with E-state index in [1.165, 1.54) is 24.8 Å². The fourth-order valence-electron chi connectivity index (χ4n) is 2.69. The number of nitrogens with one attached hydrogen (secondary N) is 1. The maximum atomic E-state index is 5.97. The van der Waals surface area contributed by atoms with Crippen molar-refractivity contribution in [2.24, 2.45) is 16.6 Å². The normalized spacial score (nSPS) is 17.4. The molecule has 0 amide bonds. The second-order valence-electron chi connectivity index (χ2n) is 6.83. The van der Waals surface area contributed by atoms with Gasteiger partial charge < -0.3 is 20.5 Å². The number of rotatable bonds is 5. The number of guanidine groups is 1. The molecule has 0 atom stereocenters. The lowest BCUT2D eigenvalue weighted by Crippen LogP contribution is -2.38. The number of hydrogen-bond donors (Lipinski definition) is 2. The molecule has 3 N–H and O–H groups in total. The van der Waals surface area contributed by atoms with E-state index in [4.69, 9.17) is 15.2 Å². The Morgan fingerprint density at radius 2 is 2.04 bits per heavy atom. The zero-order chi connectivity index (χ0) is 15.6. The molecule has 0 spiro atoms. The van der Waals surface area contributed by atoms with Crippen molar-refractivity contribution in [1.29, 1.82) is 0 Å². The molecule has 0 radical (unpaired) electrons. The fourth-order valence-corrected chi connectivity index (χ4v) is 2.69. The van der Waals surface area contributed by atoms with Gasteiger partial charge in [-0.05, 0) is 36.5 Å². The van der Waals surface area contributed by atoms with Gasteiger partial charge in [-0.2, -0.15) is 0 Å². The van der Waals surface area contributed by atoms with Crippen molar-refractivity contribution in [3.05, 3.63) is 23.8 Å². The molecular formula is C17H26IN3O2. The summed E-state index contributed by atoms with van der Waals surface area (Å²) in [6.45, 7) is 6.20. The van der Waals surface area contributed by atoms with Gasteiger partial charge in [0.2, 0.25) is 6.79 Å². The monoisotopic (exact) mass is 431 g/mol. The van der Waals surface area contributed by atoms with E-state index >= 15 is 0 Å². The van der Waals surface area contributed by atoms with Gasteiger partial charge in [0.15, 0.2) is 17.5 Å². The minimum absolute atomic E-state index is 0. The highest BCUT2D eigenvalue weighted by molar-refractivity contribution is 14.0. The molecule has 1 saturated carbocycles. The summed E-state index contributed by atoms with van der Waals surface area (Å²) in [5.41, 5.74) is 7.04. The van der Waals surface area contributed by atoms with E-state index in [2.05, 4.69) is 30.2 Å². The molecule has 1 aromatic carbocycles. The molecule has 1 aliphatic carbocycles. The summed E-state index contributed by atoms with van der Waals surface area (Å²) in [7, 11) is 0. The van der Waals surface area contributed by atoms with E-state index in [0.717, 1.165) is 24.0 Å². The average molecular weight is 431 g/mol. The number of hydrogen-bond acceptors (Lipinski definition) is 3. The van der Waals surface area contributed by atoms with E-state index < -0.39 is 0 Å². The molecule has 1 fully saturated rings. The number of fused-ring (bicyclic) bond motifs is 1. The number of aliphatic imine (C=N–C) groups is 1. The van der Waals surface area contributed by atoms with Crippen LogP contribution in [0.15, 0.2) is 23.2 Å². The van der Waals surface area contributed by atoms with Gasteiger partial charge in [-0.15, -0.1) is 24.0 Å². The van der Waals surface area contributed by atoms with Crippen LogP contribution in [0, 0.1) is 5.92 Å². The topological polar surface area (TPSA) is 68.9 Å². The molecule has 1 aromatic rings. The van der Waals surface area contributed by atoms with Gasteiger partial charge in [0.1, 0.15) is 0 Å². The molecule has 6 heteroatoms. The summed E-state index contributed by atoms with van der Waals surface area (Å²) < 4.78 is 10.8. The average Bonchev–Trinajstić information content (AvgIpc) is 2.91. The van der Waals surface area contributed by atoms with Crippen molar-refractivity contribution in [3.63, 3.8) is 0 Å². The minimum Gasteiger partial charge on any atom is -0.454 e. The van der Waals surface area contributed by atoms with Crippen LogP contribution in [-0.2, 0) is 5.41 Å². The summed E-state index contributed by atoms with van der Waals surface area (Å²) >= 11 is 0. The molecule has 2 aliphatic rings. The first-order chi connectivity index (χ1) is 10.5. The minimum atomic E-state index is -0.107. The molecule has 0 unspecified atom stereocenters. The Morgan fingerprint density at radius 3 is 2.74 bits per heavy atom. The first-order valence-electron chi connectivity index (χ1n) is 7.98. The summed E-state index contributed by atoms with van der Waals surface area (Å²) in [5, 5.41) is 3.23. The Bertz CT molecular complexity index is 571. The van der Waals surface area contributed by atoms with Crippen molar-refractivity contribution >= 4 is 29.9 Å². The van der Waals surface area contributed by atoms with Crippen LogP contribution in [0.3, 0.4) is 0 Å². The van der Waals surface area contributed by atoms with E-state index in [-0.39, 0.29) is 29.4 Å². The molecule has 128 valence electrons. The second-order valence-corrected chi connectivity index (χ2v) is 6.83. The fraction of sp³-hybridized carbons (Fsp3) is 0.588. The lowest BCUT2D eigenvalue weighted by atomic mass is 9.84. The summed E-state index contributed by atoms with van der Waals surface area (Å²) in [6.07, 6.45) is 3.96. The number of nitrogens with two attached hydrogens (primary N) is 1. The molecule has 0 saturated heterocycles. The van der Waals surface area contributed by atoms with Crippen LogP contribution in [0.5, 0.6) is 11.5 Å². The van der Waals surface area contributed by atoms with E-state index in [1.54, 1.807) is 0 Å². The Morgan fingerprint density at radius 1 is 1.30 bits per heavy atom. The lowest BCUT2D eigenvalue weighted by molar-refractivity contribution is 0.174. The third-order valence-electron chi connectivity index (χ3n) is 4.60. The molecule has 1 aliphatic heterocycles. The van der Waals surface area contributed by atoms with Gasteiger partial charge in [0.25, 0.3) is 0 Å². The first kappa shape index (κ1) is 18.2. The van der Waals surface area contributed by atoms with Gasteiger partial charge in [-0.3, -0.25) is 4.99 Å². The van der Waals surface area contributed by atoms with Gasteiger partial charge in [0, 0.05) is 12.0 Å². The van der Waals surface area contributed by atoms with Crippen molar-refractivity contribution in [1.82, 2.24) is 5.32 Å². The number of benzene rings is 1. The highest BCUT2D eigenvalue weighted by Crippen LogP contribution is 2.36. The molecule has 0 aromatic heterocycles. The number of halogens is 1. The van der Waals surface area contributed by atoms with E-state index in [0.29, 0.717) is 19.3 Å². The van der Waals surface area contributed by atoms with Crippen molar-refractivity contribution < 1.29 is 9.47 Å². The zero-order valence-corrected chi connectivity index (χ0v) is 16.1. The van der Waals surface area contributed by atoms with Crippen LogP contribution in [0.4, 0.5) is 0 Å². The van der Waals surface area contributed by atoms with E-state index in [1.807, 2.05) is 12.1 Å². The largest absolute Gasteiger partial charge is 0.454 e. The van der Waals surface area contributed by atoms with Crippen LogP contribution >= 0.6 is 24.0 Å². The maximum Gasteiger partial charge on any atom is 0.231 e. The first-order valence-corrected chi connectivity index (χ1v) is 7.98. The van der Waals surface area contributed by atoms with Gasteiger partial charge in [0.05, 0.1) is 6.54 Å². The molecule has 3 rings (SSSR count). The quantitative estimate of drug-likeness (QED) is 0.427. The van der Waals surface area contributed by atoms with Crippen LogP contribution in [-0.4, -0.2) is 25.8 Å². The molecular weight excluding hydrogens is 405 g/mol. The standard InChI is InChI=1S/C17H25N3O2.HI/c1-17(2,10-20-16(18)19-9-12-4-3-5-12)13-6-7-14-15(8-13)22-11-21-14;/h6-8,12H,3-5,9-11H2,1-2H3,(H3,18,19,20);1H. The molecule has 0 bridgehead atoms. The van der Waals surface area contributed by atoms with Crippen molar-refractivity contribution in [2.45, 2.75) is 38.5 Å². The number of nitrogens with zero attached hydrogens (tertiary/aromatic N) is 1. The van der Waals surface area contributed by atoms with Crippen LogP contribution in [0.25, 0.3) is 0 Å². The summed E-state index contributed by atoms with van der Waals surface area (Å²) in [6, 6.07) is 6.07. The van der Waals surface area contributed by atoms with Gasteiger partial charge >= 0.3 is 0 Å². The Kier molecular flexibility index (Phi) is 6.00. The van der Waals surface area contributed by atoms with Gasteiger partial charge in [-0.25, -0.2) is 0 Å². The third kappa shape index (κ3) is 4.43. The number of ether oxygens (including phenoxy) is 2. The third-order valence-corrected chi connectivity index (χ3v) is 4.60. The Balaban J connectivity index is 0.00000192. The smallest absolute Gasteiger partial charge is 0.231 e. The van der Waals surface area contributed by atoms with Crippen molar-refractivity contribution in [3.8, 4) is 11.5 Å². The molecule has 1 heterocycles. The van der Waals surface area contributed by atoms with Crippen LogP contribution in [0.1, 0.15) is 38.7 Å². The summed E-state index contributed by atoms with van der Waals surface area (Å²) in [5.74, 6) is 2.94. The zero-order valence-electron chi connectivity index (χ0n) is 13.8. The van der Waals surface area contributed by atoms with Crippen LogP contribution in [0.2, 0.25) is 0 Å². The van der Waals surface area contributed by atoms with E-state index in [9.17, 15) is 0 Å². The SMILES string of the molecule is CC(C)(CN=C(N)NCC1CCC1)c1ccc2c(c1)OCO2.I. The Hall–Kier alpha value is -1.18. The Labute approximate surface area is 155 Å². The lowest BCUT2D eigenvalue weighted by Gasteiger charge is -2.26.